The third kappa shape index (κ3) is 1.63. The van der Waals surface area contributed by atoms with Gasteiger partial charge in [0.1, 0.15) is 0 Å². The normalized spacial score (nSPS) is 10.6. The molecule has 0 saturated heterocycles. The van der Waals surface area contributed by atoms with Crippen LogP contribution in [0.3, 0.4) is 0 Å². The van der Waals surface area contributed by atoms with E-state index in [0.29, 0.717) is 5.88 Å². The lowest BCUT2D eigenvalue weighted by molar-refractivity contribution is 0.403. The summed E-state index contributed by atoms with van der Waals surface area (Å²) in [6.07, 6.45) is 5.42. The summed E-state index contributed by atoms with van der Waals surface area (Å²) in [7, 11) is 1.63. The lowest BCUT2D eigenvalue weighted by atomic mass is 10.1. The van der Waals surface area contributed by atoms with Crippen molar-refractivity contribution in [2.24, 2.45) is 0 Å². The van der Waals surface area contributed by atoms with Crippen molar-refractivity contribution in [2.75, 3.05) is 7.11 Å². The SMILES string of the molecule is COc1nccc2cc(-n3cccn3)ccc12. The third-order valence-electron chi connectivity index (χ3n) is 2.67. The lowest BCUT2D eigenvalue weighted by Crippen LogP contribution is -1.94. The van der Waals surface area contributed by atoms with E-state index in [-0.39, 0.29) is 0 Å². The van der Waals surface area contributed by atoms with Crippen LogP contribution in [0.25, 0.3) is 16.5 Å². The van der Waals surface area contributed by atoms with Crippen molar-refractivity contribution < 1.29 is 4.74 Å². The van der Waals surface area contributed by atoms with E-state index in [2.05, 4.69) is 16.1 Å². The molecule has 0 aliphatic heterocycles. The zero-order valence-corrected chi connectivity index (χ0v) is 9.37. The number of hydrogen-bond donors (Lipinski definition) is 0. The van der Waals surface area contributed by atoms with Crippen molar-refractivity contribution in [3.63, 3.8) is 0 Å². The Balaban J connectivity index is 2.21. The highest BCUT2D eigenvalue weighted by Gasteiger charge is 2.04. The Bertz CT molecular complexity index is 647. The zero-order chi connectivity index (χ0) is 11.7. The van der Waals surface area contributed by atoms with Gasteiger partial charge < -0.3 is 4.74 Å². The van der Waals surface area contributed by atoms with Crippen LogP contribution < -0.4 is 4.74 Å². The van der Waals surface area contributed by atoms with Crippen LogP contribution in [-0.2, 0) is 0 Å². The summed E-state index contributed by atoms with van der Waals surface area (Å²) in [6.45, 7) is 0. The predicted molar refractivity (Wildman–Crippen MR) is 65.4 cm³/mol. The molecular formula is C13H11N3O. The van der Waals surface area contributed by atoms with Crippen LogP contribution in [0, 0.1) is 0 Å². The molecule has 17 heavy (non-hydrogen) atoms. The second-order valence-electron chi connectivity index (χ2n) is 3.68. The van der Waals surface area contributed by atoms with Crippen molar-refractivity contribution in [3.05, 3.63) is 48.9 Å². The molecule has 0 amide bonds. The van der Waals surface area contributed by atoms with E-state index < -0.39 is 0 Å². The monoisotopic (exact) mass is 225 g/mol. The summed E-state index contributed by atoms with van der Waals surface area (Å²) in [5.74, 6) is 0.648. The molecule has 0 aliphatic carbocycles. The average molecular weight is 225 g/mol. The Morgan fingerprint density at radius 3 is 2.88 bits per heavy atom. The highest BCUT2D eigenvalue weighted by molar-refractivity contribution is 5.88. The van der Waals surface area contributed by atoms with Gasteiger partial charge in [0, 0.05) is 24.0 Å². The molecule has 2 heterocycles. The largest absolute Gasteiger partial charge is 0.481 e. The standard InChI is InChI=1S/C13H11N3O/c1-17-13-12-4-3-11(16-8-2-6-15-16)9-10(12)5-7-14-13/h2-9H,1H3. The number of hydrogen-bond acceptors (Lipinski definition) is 3. The van der Waals surface area contributed by atoms with E-state index in [1.54, 1.807) is 19.5 Å². The van der Waals surface area contributed by atoms with Gasteiger partial charge in [-0.2, -0.15) is 5.10 Å². The zero-order valence-electron chi connectivity index (χ0n) is 9.37. The molecule has 3 rings (SSSR count). The van der Waals surface area contributed by atoms with Gasteiger partial charge in [-0.15, -0.1) is 0 Å². The number of nitrogens with zero attached hydrogens (tertiary/aromatic N) is 3. The van der Waals surface area contributed by atoms with E-state index in [1.165, 1.54) is 0 Å². The van der Waals surface area contributed by atoms with Crippen LogP contribution in [-0.4, -0.2) is 21.9 Å². The number of benzene rings is 1. The molecule has 84 valence electrons. The first-order valence-corrected chi connectivity index (χ1v) is 5.31. The topological polar surface area (TPSA) is 39.9 Å². The van der Waals surface area contributed by atoms with Crippen LogP contribution >= 0.6 is 0 Å². The molecule has 0 fully saturated rings. The van der Waals surface area contributed by atoms with Gasteiger partial charge in [0.05, 0.1) is 12.8 Å². The molecule has 0 saturated carbocycles. The fourth-order valence-electron chi connectivity index (χ4n) is 1.86. The molecule has 1 aromatic carbocycles. The third-order valence-corrected chi connectivity index (χ3v) is 2.67. The maximum absolute atomic E-state index is 5.22. The van der Waals surface area contributed by atoms with Crippen LogP contribution in [0.4, 0.5) is 0 Å². The predicted octanol–water partition coefficient (Wildman–Crippen LogP) is 2.43. The molecule has 0 spiro atoms. The van der Waals surface area contributed by atoms with Gasteiger partial charge in [-0.1, -0.05) is 0 Å². The Morgan fingerprint density at radius 2 is 2.12 bits per heavy atom. The minimum Gasteiger partial charge on any atom is -0.481 e. The highest BCUT2D eigenvalue weighted by Crippen LogP contribution is 2.24. The Morgan fingerprint density at radius 1 is 1.18 bits per heavy atom. The van der Waals surface area contributed by atoms with Crippen LogP contribution in [0.1, 0.15) is 0 Å². The summed E-state index contributed by atoms with van der Waals surface area (Å²) in [6, 6.07) is 9.92. The first-order valence-electron chi connectivity index (χ1n) is 5.31. The molecular weight excluding hydrogens is 214 g/mol. The van der Waals surface area contributed by atoms with Gasteiger partial charge in [-0.3, -0.25) is 0 Å². The van der Waals surface area contributed by atoms with Gasteiger partial charge in [0.25, 0.3) is 0 Å². The van der Waals surface area contributed by atoms with E-state index >= 15 is 0 Å². The molecule has 0 bridgehead atoms. The average Bonchev–Trinajstić information content (AvgIpc) is 2.91. The van der Waals surface area contributed by atoms with Crippen molar-refractivity contribution in [2.45, 2.75) is 0 Å². The number of rotatable bonds is 2. The lowest BCUT2D eigenvalue weighted by Gasteiger charge is -2.06. The van der Waals surface area contributed by atoms with Gasteiger partial charge >= 0.3 is 0 Å². The quantitative estimate of drug-likeness (QED) is 0.672. The fourth-order valence-corrected chi connectivity index (χ4v) is 1.86. The number of methoxy groups -OCH3 is 1. The molecule has 3 aromatic rings. The van der Waals surface area contributed by atoms with E-state index in [0.717, 1.165) is 16.5 Å². The Labute approximate surface area is 98.5 Å². The minimum absolute atomic E-state index is 0.648. The molecule has 0 aliphatic rings. The fraction of sp³-hybridized carbons (Fsp3) is 0.0769. The van der Waals surface area contributed by atoms with Crippen LogP contribution in [0.15, 0.2) is 48.9 Å². The van der Waals surface area contributed by atoms with E-state index in [4.69, 9.17) is 4.74 Å². The number of aromatic nitrogens is 3. The Kier molecular flexibility index (Phi) is 2.26. The molecule has 4 nitrogen and oxygen atoms in total. The minimum atomic E-state index is 0.648. The van der Waals surface area contributed by atoms with Crippen LogP contribution in [0.2, 0.25) is 0 Å². The molecule has 0 radical (unpaired) electrons. The number of pyridine rings is 1. The molecule has 0 N–H and O–H groups in total. The van der Waals surface area contributed by atoms with Crippen molar-refractivity contribution in [1.82, 2.24) is 14.8 Å². The maximum Gasteiger partial charge on any atom is 0.221 e. The second kappa shape index (κ2) is 3.90. The van der Waals surface area contributed by atoms with Gasteiger partial charge in [0.2, 0.25) is 5.88 Å². The van der Waals surface area contributed by atoms with Crippen molar-refractivity contribution in [3.8, 4) is 11.6 Å². The van der Waals surface area contributed by atoms with Crippen molar-refractivity contribution in [1.29, 1.82) is 0 Å². The Hall–Kier alpha value is -2.36. The number of ether oxygens (including phenoxy) is 1. The molecule has 2 aromatic heterocycles. The van der Waals surface area contributed by atoms with Crippen LogP contribution in [0.5, 0.6) is 5.88 Å². The summed E-state index contributed by atoms with van der Waals surface area (Å²) in [5.41, 5.74) is 1.02. The van der Waals surface area contributed by atoms with E-state index in [1.807, 2.05) is 35.1 Å². The van der Waals surface area contributed by atoms with Gasteiger partial charge in [-0.05, 0) is 35.7 Å². The van der Waals surface area contributed by atoms with Gasteiger partial charge in [0.15, 0.2) is 0 Å². The second-order valence-corrected chi connectivity index (χ2v) is 3.68. The first-order chi connectivity index (χ1) is 8.38. The van der Waals surface area contributed by atoms with E-state index in [9.17, 15) is 0 Å². The molecule has 4 heteroatoms. The summed E-state index contributed by atoms with van der Waals surface area (Å²) >= 11 is 0. The highest BCUT2D eigenvalue weighted by atomic mass is 16.5. The molecule has 0 unspecified atom stereocenters. The summed E-state index contributed by atoms with van der Waals surface area (Å²) in [5, 5.41) is 6.30. The summed E-state index contributed by atoms with van der Waals surface area (Å²) in [4.78, 5) is 4.17. The maximum atomic E-state index is 5.22. The summed E-state index contributed by atoms with van der Waals surface area (Å²) < 4.78 is 7.05. The number of fused-ring (bicyclic) bond motifs is 1. The van der Waals surface area contributed by atoms with Gasteiger partial charge in [-0.25, -0.2) is 9.67 Å². The smallest absolute Gasteiger partial charge is 0.221 e. The van der Waals surface area contributed by atoms with Crippen molar-refractivity contribution >= 4 is 10.8 Å². The first kappa shape index (κ1) is 9.84. The molecule has 0 atom stereocenters.